The van der Waals surface area contributed by atoms with E-state index in [2.05, 4.69) is 63.5 Å². The summed E-state index contributed by atoms with van der Waals surface area (Å²) >= 11 is 0. The minimum Gasteiger partial charge on any atom is -0.339 e. The third-order valence-corrected chi connectivity index (χ3v) is 2.89. The Labute approximate surface area is 107 Å². The molecule has 0 radical (unpaired) electrons. The van der Waals surface area contributed by atoms with Crippen LogP contribution in [0.5, 0.6) is 0 Å². The van der Waals surface area contributed by atoms with Crippen LogP contribution in [-0.4, -0.2) is 35.0 Å². The summed E-state index contributed by atoms with van der Waals surface area (Å²) in [5.74, 6) is 0.699. The molecule has 1 aliphatic rings. The molecule has 1 rings (SSSR count). The van der Waals surface area contributed by atoms with E-state index in [1.165, 1.54) is 6.42 Å². The van der Waals surface area contributed by atoms with Crippen molar-refractivity contribution in [3.63, 3.8) is 0 Å². The zero-order valence-corrected chi connectivity index (χ0v) is 12.6. The summed E-state index contributed by atoms with van der Waals surface area (Å²) < 4.78 is 0. The summed E-state index contributed by atoms with van der Waals surface area (Å²) in [6.07, 6.45) is 3.64. The first kappa shape index (κ1) is 14.3. The van der Waals surface area contributed by atoms with Gasteiger partial charge in [-0.25, -0.2) is 0 Å². The van der Waals surface area contributed by atoms with Crippen molar-refractivity contribution in [2.75, 3.05) is 6.54 Å². The van der Waals surface area contributed by atoms with E-state index in [0.29, 0.717) is 23.5 Å². The predicted molar refractivity (Wildman–Crippen MR) is 74.9 cm³/mol. The van der Waals surface area contributed by atoms with E-state index in [4.69, 9.17) is 0 Å². The molecule has 0 bridgehead atoms. The Hall–Kier alpha value is -0.730. The van der Waals surface area contributed by atoms with Crippen LogP contribution in [-0.2, 0) is 0 Å². The molecule has 1 unspecified atom stereocenters. The largest absolute Gasteiger partial charge is 0.339 e. The Morgan fingerprint density at radius 2 is 1.76 bits per heavy atom. The van der Waals surface area contributed by atoms with E-state index in [1.807, 2.05) is 6.34 Å². The molecule has 0 saturated carbocycles. The van der Waals surface area contributed by atoms with Gasteiger partial charge in [0.25, 0.3) is 0 Å². The third kappa shape index (κ3) is 4.21. The van der Waals surface area contributed by atoms with Gasteiger partial charge in [0.2, 0.25) is 0 Å². The van der Waals surface area contributed by atoms with Gasteiger partial charge in [0.05, 0.1) is 0 Å². The lowest BCUT2D eigenvalue weighted by Gasteiger charge is -2.37. The minimum atomic E-state index is 0.314. The normalized spacial score (nSPS) is 21.1. The van der Waals surface area contributed by atoms with E-state index in [0.717, 1.165) is 6.54 Å². The smallest absolute Gasteiger partial charge is 0.119 e. The molecule has 0 aromatic rings. The van der Waals surface area contributed by atoms with Crippen molar-refractivity contribution in [3.8, 4) is 0 Å². The number of rotatable bonds is 4. The number of hydrazone groups is 1. The highest BCUT2D eigenvalue weighted by molar-refractivity contribution is 5.57. The highest BCUT2D eigenvalue weighted by Crippen LogP contribution is 2.26. The van der Waals surface area contributed by atoms with Crippen molar-refractivity contribution >= 4 is 6.34 Å². The molecule has 0 aliphatic carbocycles. The molecule has 0 amide bonds. The average molecular weight is 239 g/mol. The molecule has 17 heavy (non-hydrogen) atoms. The Bertz CT molecular complexity index is 263. The lowest BCUT2D eigenvalue weighted by molar-refractivity contribution is 0.0662. The van der Waals surface area contributed by atoms with Gasteiger partial charge in [-0.1, -0.05) is 34.6 Å². The monoisotopic (exact) mass is 239 g/mol. The Kier molecular flexibility index (Phi) is 4.45. The quantitative estimate of drug-likeness (QED) is 0.749. The van der Waals surface area contributed by atoms with E-state index in [9.17, 15) is 0 Å². The maximum absolute atomic E-state index is 4.57. The van der Waals surface area contributed by atoms with Gasteiger partial charge in [-0.05, 0) is 31.6 Å². The van der Waals surface area contributed by atoms with Crippen LogP contribution in [0.2, 0.25) is 0 Å². The molecule has 100 valence electrons. The molecular weight excluding hydrogens is 210 g/mol. The molecular formula is C14H29N3. The molecule has 3 heteroatoms. The van der Waals surface area contributed by atoms with Gasteiger partial charge >= 0.3 is 0 Å². The van der Waals surface area contributed by atoms with Crippen molar-refractivity contribution in [3.05, 3.63) is 0 Å². The van der Waals surface area contributed by atoms with Crippen LogP contribution in [0.4, 0.5) is 0 Å². The molecule has 0 spiro atoms. The number of nitrogens with zero attached hydrogens (tertiary/aromatic N) is 3. The topological polar surface area (TPSA) is 18.8 Å². The second kappa shape index (κ2) is 5.28. The second-order valence-corrected chi connectivity index (χ2v) is 7.05. The molecule has 0 aromatic heterocycles. The van der Waals surface area contributed by atoms with Crippen LogP contribution in [0.3, 0.4) is 0 Å². The van der Waals surface area contributed by atoms with Crippen molar-refractivity contribution < 1.29 is 0 Å². The Balaban J connectivity index is 2.73. The van der Waals surface area contributed by atoms with Crippen LogP contribution in [0.1, 0.15) is 54.9 Å². The van der Waals surface area contributed by atoms with Crippen LogP contribution in [0.25, 0.3) is 0 Å². The van der Waals surface area contributed by atoms with Crippen LogP contribution in [0, 0.1) is 11.3 Å². The maximum Gasteiger partial charge on any atom is 0.119 e. The van der Waals surface area contributed by atoms with Crippen LogP contribution < -0.4 is 0 Å². The summed E-state index contributed by atoms with van der Waals surface area (Å²) in [5.41, 5.74) is 0.314. The number of hydrogen-bond donors (Lipinski definition) is 0. The zero-order valence-electron chi connectivity index (χ0n) is 12.6. The molecule has 1 aliphatic heterocycles. The predicted octanol–water partition coefficient (Wildman–Crippen LogP) is 3.37. The summed E-state index contributed by atoms with van der Waals surface area (Å²) in [5, 5.41) is 6.81. The fourth-order valence-corrected chi connectivity index (χ4v) is 2.27. The fraction of sp³-hybridized carbons (Fsp3) is 0.929. The lowest BCUT2D eigenvalue weighted by Crippen LogP contribution is -2.46. The van der Waals surface area contributed by atoms with Gasteiger partial charge in [0.1, 0.15) is 12.5 Å². The van der Waals surface area contributed by atoms with Crippen LogP contribution in [0.15, 0.2) is 5.10 Å². The zero-order chi connectivity index (χ0) is 13.2. The molecule has 1 atom stereocenters. The first-order chi connectivity index (χ1) is 7.70. The van der Waals surface area contributed by atoms with Crippen molar-refractivity contribution in [1.82, 2.24) is 9.91 Å². The molecule has 0 fully saturated rings. The first-order valence-corrected chi connectivity index (χ1v) is 6.79. The Morgan fingerprint density at radius 1 is 1.18 bits per heavy atom. The molecule has 0 N–H and O–H groups in total. The standard InChI is InChI=1S/C14H29N3/c1-11(2)8-13-16(9-14(5,6)7)10-15-17(13)12(3)4/h10-13H,8-9H2,1-7H3. The first-order valence-electron chi connectivity index (χ1n) is 6.79. The fourth-order valence-electron chi connectivity index (χ4n) is 2.27. The SMILES string of the molecule is CC(C)CC1N(CC(C)(C)C)C=NN1C(C)C. The van der Waals surface area contributed by atoms with Gasteiger partial charge in [-0.2, -0.15) is 5.10 Å². The summed E-state index contributed by atoms with van der Waals surface area (Å²) in [7, 11) is 0. The van der Waals surface area contributed by atoms with E-state index in [1.54, 1.807) is 0 Å². The van der Waals surface area contributed by atoms with E-state index < -0.39 is 0 Å². The number of hydrogen-bond acceptors (Lipinski definition) is 3. The maximum atomic E-state index is 4.57. The molecule has 3 nitrogen and oxygen atoms in total. The lowest BCUT2D eigenvalue weighted by atomic mass is 9.95. The van der Waals surface area contributed by atoms with Crippen molar-refractivity contribution in [2.24, 2.45) is 16.4 Å². The highest BCUT2D eigenvalue weighted by atomic mass is 15.6. The van der Waals surface area contributed by atoms with Gasteiger partial charge in [-0.3, -0.25) is 5.01 Å². The average Bonchev–Trinajstić information content (AvgIpc) is 2.45. The van der Waals surface area contributed by atoms with Gasteiger partial charge in [-0.15, -0.1) is 0 Å². The molecule has 0 saturated heterocycles. The van der Waals surface area contributed by atoms with Crippen molar-refractivity contribution in [1.29, 1.82) is 0 Å². The van der Waals surface area contributed by atoms with Gasteiger partial charge in [0, 0.05) is 12.6 Å². The third-order valence-electron chi connectivity index (χ3n) is 2.89. The highest BCUT2D eigenvalue weighted by Gasteiger charge is 2.32. The Morgan fingerprint density at radius 3 is 2.18 bits per heavy atom. The van der Waals surface area contributed by atoms with E-state index >= 15 is 0 Å². The molecule has 1 heterocycles. The van der Waals surface area contributed by atoms with E-state index in [-0.39, 0.29) is 0 Å². The summed E-state index contributed by atoms with van der Waals surface area (Å²) in [6, 6.07) is 0.472. The molecule has 0 aromatic carbocycles. The van der Waals surface area contributed by atoms with Gasteiger partial charge < -0.3 is 4.90 Å². The van der Waals surface area contributed by atoms with Gasteiger partial charge in [0.15, 0.2) is 0 Å². The summed E-state index contributed by atoms with van der Waals surface area (Å²) in [6.45, 7) is 16.9. The van der Waals surface area contributed by atoms with Crippen molar-refractivity contribution in [2.45, 2.75) is 67.1 Å². The second-order valence-electron chi connectivity index (χ2n) is 7.05. The minimum absolute atomic E-state index is 0.314. The summed E-state index contributed by atoms with van der Waals surface area (Å²) in [4.78, 5) is 2.40. The van der Waals surface area contributed by atoms with Crippen LogP contribution >= 0.6 is 0 Å².